The van der Waals surface area contributed by atoms with E-state index in [-0.39, 0.29) is 10.3 Å². The number of hydrogen-bond donors (Lipinski definition) is 0. The molecular formula is C9H17Cl. The van der Waals surface area contributed by atoms with E-state index in [1.54, 1.807) is 0 Å². The Bertz CT molecular complexity index is 117. The van der Waals surface area contributed by atoms with Gasteiger partial charge in [0.1, 0.15) is 0 Å². The molecule has 0 saturated heterocycles. The number of alkyl halides is 1. The van der Waals surface area contributed by atoms with Crippen LogP contribution < -0.4 is 0 Å². The summed E-state index contributed by atoms with van der Waals surface area (Å²) in [7, 11) is 0. The predicted octanol–water partition coefficient (Wildman–Crippen LogP) is 3.61. The van der Waals surface area contributed by atoms with Crippen LogP contribution in [0.2, 0.25) is 0 Å². The molecule has 0 atom stereocenters. The molecule has 0 aliphatic rings. The van der Waals surface area contributed by atoms with Crippen LogP contribution in [0.4, 0.5) is 0 Å². The highest BCUT2D eigenvalue weighted by molar-refractivity contribution is 6.23. The summed E-state index contributed by atoms with van der Waals surface area (Å²) < 4.78 is 0. The molecule has 0 amide bonds. The lowest BCUT2D eigenvalue weighted by Crippen LogP contribution is -2.21. The van der Waals surface area contributed by atoms with Crippen LogP contribution in [0.15, 0.2) is 12.7 Å². The zero-order valence-corrected chi connectivity index (χ0v) is 8.13. The van der Waals surface area contributed by atoms with E-state index in [2.05, 4.69) is 20.4 Å². The van der Waals surface area contributed by atoms with Gasteiger partial charge in [0, 0.05) is 4.87 Å². The average Bonchev–Trinajstić information content (AvgIpc) is 1.60. The molecule has 0 heterocycles. The maximum absolute atomic E-state index is 6.05. The first-order chi connectivity index (χ1) is 4.27. The van der Waals surface area contributed by atoms with Gasteiger partial charge in [-0.15, -0.1) is 18.2 Å². The van der Waals surface area contributed by atoms with Gasteiger partial charge in [-0.25, -0.2) is 0 Å². The fourth-order valence-corrected chi connectivity index (χ4v) is 1.50. The summed E-state index contributed by atoms with van der Waals surface area (Å²) in [5, 5.41) is 0. The zero-order valence-electron chi connectivity index (χ0n) is 7.37. The molecule has 0 rings (SSSR count). The van der Waals surface area contributed by atoms with Gasteiger partial charge in [0.25, 0.3) is 0 Å². The van der Waals surface area contributed by atoms with Gasteiger partial charge in [-0.1, -0.05) is 19.9 Å². The van der Waals surface area contributed by atoms with Crippen LogP contribution in [0, 0.1) is 5.41 Å². The second kappa shape index (κ2) is 2.96. The van der Waals surface area contributed by atoms with Crippen molar-refractivity contribution in [2.24, 2.45) is 5.41 Å². The van der Waals surface area contributed by atoms with E-state index in [9.17, 15) is 0 Å². The first kappa shape index (κ1) is 10.0. The standard InChI is InChI=1S/C9H17Cl/c1-6-8(2,3)7-9(4,5)10/h6H,1,7H2,2-5H3. The third-order valence-electron chi connectivity index (χ3n) is 1.43. The van der Waals surface area contributed by atoms with Crippen LogP contribution >= 0.6 is 11.6 Å². The van der Waals surface area contributed by atoms with Gasteiger partial charge in [-0.3, -0.25) is 0 Å². The Morgan fingerprint density at radius 3 is 1.80 bits per heavy atom. The van der Waals surface area contributed by atoms with E-state index >= 15 is 0 Å². The fourth-order valence-electron chi connectivity index (χ4n) is 1.16. The molecule has 0 bridgehead atoms. The van der Waals surface area contributed by atoms with Gasteiger partial charge < -0.3 is 0 Å². The van der Waals surface area contributed by atoms with Crippen LogP contribution in [0.5, 0.6) is 0 Å². The summed E-state index contributed by atoms with van der Waals surface area (Å²) in [6.45, 7) is 12.1. The third-order valence-corrected chi connectivity index (χ3v) is 1.56. The first-order valence-corrected chi connectivity index (χ1v) is 3.97. The van der Waals surface area contributed by atoms with Crippen molar-refractivity contribution < 1.29 is 0 Å². The minimum Gasteiger partial charge on any atom is -0.120 e. The molecule has 0 aromatic rings. The van der Waals surface area contributed by atoms with Crippen molar-refractivity contribution in [1.82, 2.24) is 0 Å². The Morgan fingerprint density at radius 1 is 1.30 bits per heavy atom. The van der Waals surface area contributed by atoms with Crippen LogP contribution in [0.25, 0.3) is 0 Å². The summed E-state index contributed by atoms with van der Waals surface area (Å²) in [5.74, 6) is 0. The van der Waals surface area contributed by atoms with E-state index in [1.807, 2.05) is 19.9 Å². The highest BCUT2D eigenvalue weighted by Crippen LogP contribution is 2.32. The minimum atomic E-state index is -0.113. The molecule has 0 aliphatic carbocycles. The van der Waals surface area contributed by atoms with Gasteiger partial charge >= 0.3 is 0 Å². The predicted molar refractivity (Wildman–Crippen MR) is 48.5 cm³/mol. The second-order valence-corrected chi connectivity index (χ2v) is 5.11. The molecule has 0 unspecified atom stereocenters. The maximum atomic E-state index is 6.05. The Labute approximate surface area is 69.3 Å². The fraction of sp³-hybridized carbons (Fsp3) is 0.778. The van der Waals surface area contributed by atoms with Crippen LogP contribution in [-0.4, -0.2) is 4.87 Å². The van der Waals surface area contributed by atoms with Gasteiger partial charge in [0.15, 0.2) is 0 Å². The zero-order chi connectivity index (χ0) is 8.41. The van der Waals surface area contributed by atoms with E-state index in [1.165, 1.54) is 0 Å². The normalized spacial score (nSPS) is 13.3. The van der Waals surface area contributed by atoms with E-state index < -0.39 is 0 Å². The van der Waals surface area contributed by atoms with Crippen LogP contribution in [0.3, 0.4) is 0 Å². The molecule has 0 saturated carbocycles. The molecule has 0 spiro atoms. The number of hydrogen-bond acceptors (Lipinski definition) is 0. The minimum absolute atomic E-state index is 0.113. The molecule has 0 radical (unpaired) electrons. The van der Waals surface area contributed by atoms with Gasteiger partial charge in [-0.2, -0.15) is 0 Å². The average molecular weight is 161 g/mol. The molecular weight excluding hydrogens is 144 g/mol. The molecule has 0 aromatic heterocycles. The Morgan fingerprint density at radius 2 is 1.70 bits per heavy atom. The van der Waals surface area contributed by atoms with Gasteiger partial charge in [-0.05, 0) is 25.7 Å². The van der Waals surface area contributed by atoms with E-state index in [0.717, 1.165) is 6.42 Å². The highest BCUT2D eigenvalue weighted by atomic mass is 35.5. The summed E-state index contributed by atoms with van der Waals surface area (Å²) in [6, 6.07) is 0. The second-order valence-electron chi connectivity index (χ2n) is 4.09. The van der Waals surface area contributed by atoms with E-state index in [4.69, 9.17) is 11.6 Å². The van der Waals surface area contributed by atoms with Crippen LogP contribution in [0.1, 0.15) is 34.1 Å². The van der Waals surface area contributed by atoms with Crippen molar-refractivity contribution >= 4 is 11.6 Å². The third kappa shape index (κ3) is 4.87. The molecule has 0 fully saturated rings. The van der Waals surface area contributed by atoms with Gasteiger partial charge in [0.05, 0.1) is 0 Å². The summed E-state index contributed by atoms with van der Waals surface area (Å²) in [4.78, 5) is -0.113. The van der Waals surface area contributed by atoms with Gasteiger partial charge in [0.2, 0.25) is 0 Å². The molecule has 1 heteroatoms. The lowest BCUT2D eigenvalue weighted by molar-refractivity contribution is 0.385. The van der Waals surface area contributed by atoms with Crippen molar-refractivity contribution in [3.63, 3.8) is 0 Å². The number of halogens is 1. The molecule has 0 N–H and O–H groups in total. The van der Waals surface area contributed by atoms with Crippen molar-refractivity contribution in [2.45, 2.75) is 39.0 Å². The van der Waals surface area contributed by atoms with Crippen molar-refractivity contribution in [3.8, 4) is 0 Å². The summed E-state index contributed by atoms with van der Waals surface area (Å²) in [5.41, 5.74) is 0.158. The lowest BCUT2D eigenvalue weighted by Gasteiger charge is -2.27. The van der Waals surface area contributed by atoms with Crippen molar-refractivity contribution in [3.05, 3.63) is 12.7 Å². The van der Waals surface area contributed by atoms with Crippen molar-refractivity contribution in [2.75, 3.05) is 0 Å². The Kier molecular flexibility index (Phi) is 2.97. The number of rotatable bonds is 3. The monoisotopic (exact) mass is 160 g/mol. The topological polar surface area (TPSA) is 0 Å². The maximum Gasteiger partial charge on any atom is 0.0398 e. The van der Waals surface area contributed by atoms with Crippen LogP contribution in [-0.2, 0) is 0 Å². The smallest absolute Gasteiger partial charge is 0.0398 e. The van der Waals surface area contributed by atoms with Crippen molar-refractivity contribution in [1.29, 1.82) is 0 Å². The quantitative estimate of drug-likeness (QED) is 0.437. The SMILES string of the molecule is C=CC(C)(C)CC(C)(C)Cl. The molecule has 0 aliphatic heterocycles. The summed E-state index contributed by atoms with van der Waals surface area (Å²) >= 11 is 6.05. The Balaban J connectivity index is 4.01. The molecule has 60 valence electrons. The largest absolute Gasteiger partial charge is 0.120 e. The first-order valence-electron chi connectivity index (χ1n) is 3.59. The molecule has 0 aromatic carbocycles. The summed E-state index contributed by atoms with van der Waals surface area (Å²) in [6.07, 6.45) is 2.92. The number of allylic oxidation sites excluding steroid dienone is 1. The van der Waals surface area contributed by atoms with E-state index in [0.29, 0.717) is 0 Å². The lowest BCUT2D eigenvalue weighted by atomic mass is 9.84. The molecule has 10 heavy (non-hydrogen) atoms. The Hall–Kier alpha value is 0.0300. The highest BCUT2D eigenvalue weighted by Gasteiger charge is 2.23. The molecule has 0 nitrogen and oxygen atoms in total.